The molecule has 2 aliphatic rings. The molecular weight excluding hydrogens is 216 g/mol. The second kappa shape index (κ2) is 5.36. The molecule has 4 heteroatoms. The van der Waals surface area contributed by atoms with Gasteiger partial charge in [0.25, 0.3) is 0 Å². The van der Waals surface area contributed by atoms with Crippen molar-refractivity contribution in [2.45, 2.75) is 44.6 Å². The van der Waals surface area contributed by atoms with Gasteiger partial charge in [0.05, 0.1) is 0 Å². The molecule has 17 heavy (non-hydrogen) atoms. The van der Waals surface area contributed by atoms with Crippen molar-refractivity contribution in [1.82, 2.24) is 10.2 Å². The molecule has 1 saturated carbocycles. The molecule has 2 fully saturated rings. The Morgan fingerprint density at radius 3 is 2.65 bits per heavy atom. The van der Waals surface area contributed by atoms with Gasteiger partial charge in [0, 0.05) is 19.6 Å². The average Bonchev–Trinajstić information content (AvgIpc) is 2.59. The number of nitrogens with zero attached hydrogens (tertiary/aromatic N) is 1. The van der Waals surface area contributed by atoms with Crippen LogP contribution in [0.3, 0.4) is 0 Å². The first kappa shape index (κ1) is 12.8. The number of hydrogen-bond acceptors (Lipinski definition) is 3. The lowest BCUT2D eigenvalue weighted by molar-refractivity contribution is -0.154. The normalized spacial score (nSPS) is 36.4. The summed E-state index contributed by atoms with van der Waals surface area (Å²) >= 11 is 0. The molecule has 0 bridgehead atoms. The molecule has 0 aromatic rings. The third-order valence-corrected chi connectivity index (χ3v) is 4.44. The minimum Gasteiger partial charge on any atom is -0.480 e. The van der Waals surface area contributed by atoms with Gasteiger partial charge in [0.15, 0.2) is 0 Å². The minimum absolute atomic E-state index is 0.571. The van der Waals surface area contributed by atoms with E-state index in [0.29, 0.717) is 5.92 Å². The second-order valence-corrected chi connectivity index (χ2v) is 5.61. The molecule has 0 unspecified atom stereocenters. The van der Waals surface area contributed by atoms with Gasteiger partial charge in [-0.2, -0.15) is 0 Å². The number of rotatable bonds is 2. The van der Waals surface area contributed by atoms with E-state index in [9.17, 15) is 9.90 Å². The summed E-state index contributed by atoms with van der Waals surface area (Å²) in [7, 11) is 0. The quantitative estimate of drug-likeness (QED) is 0.764. The Balaban J connectivity index is 2.12. The van der Waals surface area contributed by atoms with Gasteiger partial charge in [-0.1, -0.05) is 6.92 Å². The summed E-state index contributed by atoms with van der Waals surface area (Å²) in [5, 5.41) is 13.0. The number of aliphatic carboxylic acids is 1. The van der Waals surface area contributed by atoms with Crippen LogP contribution in [0.25, 0.3) is 0 Å². The Labute approximate surface area is 103 Å². The van der Waals surface area contributed by atoms with Crippen molar-refractivity contribution in [3.05, 3.63) is 0 Å². The molecule has 1 aliphatic carbocycles. The van der Waals surface area contributed by atoms with Crippen LogP contribution in [0, 0.1) is 5.92 Å². The molecule has 0 spiro atoms. The first-order valence-electron chi connectivity index (χ1n) is 6.84. The molecule has 1 saturated heterocycles. The molecule has 0 radical (unpaired) electrons. The standard InChI is InChI=1S/C13H24N2O2/c1-11-3-5-13(6-4-11,12(16)17)15-9-2-7-14-8-10-15/h11,14H,2-10H2,1H3,(H,16,17). The molecule has 0 amide bonds. The van der Waals surface area contributed by atoms with E-state index >= 15 is 0 Å². The van der Waals surface area contributed by atoms with E-state index in [4.69, 9.17) is 0 Å². The zero-order valence-electron chi connectivity index (χ0n) is 10.7. The fourth-order valence-corrected chi connectivity index (χ4v) is 3.18. The fraction of sp³-hybridized carbons (Fsp3) is 0.923. The van der Waals surface area contributed by atoms with E-state index in [-0.39, 0.29) is 0 Å². The van der Waals surface area contributed by atoms with E-state index in [0.717, 1.165) is 58.3 Å². The Morgan fingerprint density at radius 1 is 1.29 bits per heavy atom. The molecule has 2 rings (SSSR count). The lowest BCUT2D eigenvalue weighted by atomic mass is 9.76. The molecule has 98 valence electrons. The molecule has 4 nitrogen and oxygen atoms in total. The highest BCUT2D eigenvalue weighted by Crippen LogP contribution is 2.37. The van der Waals surface area contributed by atoms with Gasteiger partial charge < -0.3 is 10.4 Å². The number of carboxylic acids is 1. The van der Waals surface area contributed by atoms with Crippen LogP contribution < -0.4 is 5.32 Å². The van der Waals surface area contributed by atoms with Crippen LogP contribution in [0.5, 0.6) is 0 Å². The van der Waals surface area contributed by atoms with E-state index in [1.807, 2.05) is 0 Å². The highest BCUT2D eigenvalue weighted by atomic mass is 16.4. The Bertz CT molecular complexity index is 265. The van der Waals surface area contributed by atoms with Crippen molar-refractivity contribution < 1.29 is 9.90 Å². The fourth-order valence-electron chi connectivity index (χ4n) is 3.18. The third kappa shape index (κ3) is 2.63. The van der Waals surface area contributed by atoms with E-state index in [2.05, 4.69) is 17.1 Å². The predicted molar refractivity (Wildman–Crippen MR) is 67.1 cm³/mol. The van der Waals surface area contributed by atoms with Gasteiger partial charge >= 0.3 is 5.97 Å². The first-order chi connectivity index (χ1) is 8.15. The maximum Gasteiger partial charge on any atom is 0.324 e. The summed E-state index contributed by atoms with van der Waals surface area (Å²) < 4.78 is 0. The van der Waals surface area contributed by atoms with Crippen molar-refractivity contribution in [1.29, 1.82) is 0 Å². The smallest absolute Gasteiger partial charge is 0.324 e. The average molecular weight is 240 g/mol. The monoisotopic (exact) mass is 240 g/mol. The van der Waals surface area contributed by atoms with E-state index < -0.39 is 11.5 Å². The number of carboxylic acid groups (broad SMARTS) is 1. The molecular formula is C13H24N2O2. The van der Waals surface area contributed by atoms with Crippen LogP contribution >= 0.6 is 0 Å². The van der Waals surface area contributed by atoms with Crippen LogP contribution in [0.2, 0.25) is 0 Å². The summed E-state index contributed by atoms with van der Waals surface area (Å²) in [6.07, 6.45) is 4.81. The third-order valence-electron chi connectivity index (χ3n) is 4.44. The van der Waals surface area contributed by atoms with Crippen molar-refractivity contribution >= 4 is 5.97 Å². The maximum atomic E-state index is 11.7. The van der Waals surface area contributed by atoms with Crippen molar-refractivity contribution in [3.8, 4) is 0 Å². The zero-order chi connectivity index (χ0) is 12.3. The summed E-state index contributed by atoms with van der Waals surface area (Å²) in [5.74, 6) is 0.0823. The summed E-state index contributed by atoms with van der Waals surface area (Å²) in [5.41, 5.74) is -0.571. The summed E-state index contributed by atoms with van der Waals surface area (Å²) in [6, 6.07) is 0. The Hall–Kier alpha value is -0.610. The van der Waals surface area contributed by atoms with E-state index in [1.165, 1.54) is 0 Å². The van der Waals surface area contributed by atoms with Crippen molar-refractivity contribution in [2.75, 3.05) is 26.2 Å². The Kier molecular flexibility index (Phi) is 4.05. The molecule has 2 N–H and O–H groups in total. The van der Waals surface area contributed by atoms with Gasteiger partial charge in [0.1, 0.15) is 5.54 Å². The highest BCUT2D eigenvalue weighted by Gasteiger charge is 2.45. The Morgan fingerprint density at radius 2 is 2.00 bits per heavy atom. The number of hydrogen-bond donors (Lipinski definition) is 2. The molecule has 1 aliphatic heterocycles. The van der Waals surface area contributed by atoms with Gasteiger partial charge in [-0.05, 0) is 44.6 Å². The first-order valence-corrected chi connectivity index (χ1v) is 6.84. The zero-order valence-corrected chi connectivity index (χ0v) is 10.7. The molecule has 0 atom stereocenters. The van der Waals surface area contributed by atoms with Crippen LogP contribution in [0.15, 0.2) is 0 Å². The topological polar surface area (TPSA) is 52.6 Å². The second-order valence-electron chi connectivity index (χ2n) is 5.61. The number of nitrogens with one attached hydrogen (secondary N) is 1. The molecule has 1 heterocycles. The van der Waals surface area contributed by atoms with Gasteiger partial charge in [-0.25, -0.2) is 0 Å². The lowest BCUT2D eigenvalue weighted by Gasteiger charge is -2.44. The SMILES string of the molecule is CC1CCC(C(=O)O)(N2CCCNCC2)CC1. The largest absolute Gasteiger partial charge is 0.480 e. The van der Waals surface area contributed by atoms with Gasteiger partial charge in [-0.15, -0.1) is 0 Å². The molecule has 0 aromatic carbocycles. The van der Waals surface area contributed by atoms with Crippen LogP contribution in [-0.4, -0.2) is 47.7 Å². The van der Waals surface area contributed by atoms with Crippen LogP contribution in [-0.2, 0) is 4.79 Å². The van der Waals surface area contributed by atoms with Crippen LogP contribution in [0.4, 0.5) is 0 Å². The highest BCUT2D eigenvalue weighted by molar-refractivity contribution is 5.79. The maximum absolute atomic E-state index is 11.7. The summed E-state index contributed by atoms with van der Waals surface area (Å²) in [4.78, 5) is 14.0. The number of carbonyl (C=O) groups is 1. The summed E-state index contributed by atoms with van der Waals surface area (Å²) in [6.45, 7) is 5.97. The van der Waals surface area contributed by atoms with Crippen molar-refractivity contribution in [2.24, 2.45) is 5.92 Å². The van der Waals surface area contributed by atoms with Crippen LogP contribution in [0.1, 0.15) is 39.0 Å². The van der Waals surface area contributed by atoms with E-state index in [1.54, 1.807) is 0 Å². The minimum atomic E-state index is -0.605. The van der Waals surface area contributed by atoms with Crippen molar-refractivity contribution in [3.63, 3.8) is 0 Å². The lowest BCUT2D eigenvalue weighted by Crippen LogP contribution is -2.57. The van der Waals surface area contributed by atoms with Gasteiger partial charge in [-0.3, -0.25) is 9.69 Å². The van der Waals surface area contributed by atoms with Gasteiger partial charge in [0.2, 0.25) is 0 Å². The predicted octanol–water partition coefficient (Wildman–Crippen LogP) is 1.32. The molecule has 0 aromatic heterocycles.